The maximum atomic E-state index is 13.3. The largest absolute Gasteiger partial charge is 0.416 e. The van der Waals surface area contributed by atoms with Crippen LogP contribution in [0.1, 0.15) is 11.1 Å². The number of aromatic nitrogens is 3. The predicted molar refractivity (Wildman–Crippen MR) is 125 cm³/mol. The SMILES string of the molecule is O=C(CSc1nncn1-c1ccccc1)N(N=Cc1ccccc1)c1cccc(C(F)(F)F)c1. The number of rotatable bonds is 7. The maximum absolute atomic E-state index is 13.3. The average molecular weight is 482 g/mol. The lowest BCUT2D eigenvalue weighted by atomic mass is 10.2. The number of anilines is 1. The summed E-state index contributed by atoms with van der Waals surface area (Å²) < 4.78 is 41.5. The topological polar surface area (TPSA) is 63.4 Å². The number of thioether (sulfide) groups is 1. The molecule has 0 unspecified atom stereocenters. The molecule has 0 aliphatic rings. The van der Waals surface area contributed by atoms with E-state index in [9.17, 15) is 18.0 Å². The van der Waals surface area contributed by atoms with Crippen molar-refractivity contribution in [2.24, 2.45) is 5.10 Å². The molecule has 10 heteroatoms. The summed E-state index contributed by atoms with van der Waals surface area (Å²) in [5.41, 5.74) is 0.661. The molecule has 1 amide bonds. The van der Waals surface area contributed by atoms with Crippen molar-refractivity contribution in [3.05, 3.63) is 102 Å². The molecule has 172 valence electrons. The number of carbonyl (C=O) groups excluding carboxylic acids is 1. The highest BCUT2D eigenvalue weighted by molar-refractivity contribution is 7.99. The van der Waals surface area contributed by atoms with Crippen molar-refractivity contribution in [1.82, 2.24) is 14.8 Å². The molecule has 0 saturated carbocycles. The highest BCUT2D eigenvalue weighted by Gasteiger charge is 2.31. The van der Waals surface area contributed by atoms with Crippen LogP contribution in [-0.2, 0) is 11.0 Å². The second-order valence-corrected chi connectivity index (χ2v) is 7.96. The van der Waals surface area contributed by atoms with Crippen LogP contribution in [0, 0.1) is 0 Å². The molecule has 4 aromatic rings. The molecule has 3 aromatic carbocycles. The van der Waals surface area contributed by atoms with Gasteiger partial charge in [-0.15, -0.1) is 10.2 Å². The monoisotopic (exact) mass is 481 g/mol. The van der Waals surface area contributed by atoms with Gasteiger partial charge in [-0.05, 0) is 35.9 Å². The van der Waals surface area contributed by atoms with E-state index in [1.165, 1.54) is 24.7 Å². The van der Waals surface area contributed by atoms with Crippen LogP contribution in [0.25, 0.3) is 5.69 Å². The van der Waals surface area contributed by atoms with Gasteiger partial charge in [-0.3, -0.25) is 9.36 Å². The number of carbonyl (C=O) groups is 1. The lowest BCUT2D eigenvalue weighted by Crippen LogP contribution is -2.28. The van der Waals surface area contributed by atoms with Crippen LogP contribution in [0.3, 0.4) is 0 Å². The Kier molecular flexibility index (Phi) is 7.07. The zero-order valence-electron chi connectivity index (χ0n) is 17.6. The molecule has 0 spiro atoms. The van der Waals surface area contributed by atoms with Gasteiger partial charge >= 0.3 is 6.18 Å². The van der Waals surface area contributed by atoms with E-state index in [0.29, 0.717) is 10.7 Å². The molecule has 0 saturated heterocycles. The number of halogens is 3. The molecule has 0 fully saturated rings. The van der Waals surface area contributed by atoms with Gasteiger partial charge in [0.25, 0.3) is 5.91 Å². The number of para-hydroxylation sites is 1. The van der Waals surface area contributed by atoms with Gasteiger partial charge in [0, 0.05) is 5.69 Å². The molecule has 0 aliphatic carbocycles. The first-order valence-corrected chi connectivity index (χ1v) is 11.1. The summed E-state index contributed by atoms with van der Waals surface area (Å²) >= 11 is 1.11. The van der Waals surface area contributed by atoms with Crippen molar-refractivity contribution >= 4 is 29.6 Å². The van der Waals surface area contributed by atoms with Crippen LogP contribution in [0.15, 0.2) is 102 Å². The van der Waals surface area contributed by atoms with E-state index < -0.39 is 17.6 Å². The van der Waals surface area contributed by atoms with Crippen LogP contribution in [-0.4, -0.2) is 32.6 Å². The first-order chi connectivity index (χ1) is 16.4. The fourth-order valence-electron chi connectivity index (χ4n) is 3.03. The summed E-state index contributed by atoms with van der Waals surface area (Å²) in [6, 6.07) is 22.8. The Morgan fingerprint density at radius 1 is 1.00 bits per heavy atom. The third kappa shape index (κ3) is 5.70. The van der Waals surface area contributed by atoms with Gasteiger partial charge in [-0.1, -0.05) is 66.4 Å². The highest BCUT2D eigenvalue weighted by Crippen LogP contribution is 2.32. The summed E-state index contributed by atoms with van der Waals surface area (Å²) in [6.07, 6.45) is -1.59. The van der Waals surface area contributed by atoms with Crippen LogP contribution >= 0.6 is 11.8 Å². The van der Waals surface area contributed by atoms with E-state index in [-0.39, 0.29) is 11.4 Å². The summed E-state index contributed by atoms with van der Waals surface area (Å²) in [7, 11) is 0. The molecule has 0 N–H and O–H groups in total. The lowest BCUT2D eigenvalue weighted by Gasteiger charge is -2.18. The average Bonchev–Trinajstić information content (AvgIpc) is 3.32. The van der Waals surface area contributed by atoms with Gasteiger partial charge < -0.3 is 0 Å². The standard InChI is InChI=1S/C24H18F3N5OS/c25-24(26,27)19-10-7-13-21(14-19)32(29-15-18-8-3-1-4-9-18)22(33)16-34-23-30-28-17-31(23)20-11-5-2-6-12-20/h1-15,17H,16H2. The fourth-order valence-corrected chi connectivity index (χ4v) is 3.80. The minimum atomic E-state index is -4.55. The Morgan fingerprint density at radius 2 is 1.71 bits per heavy atom. The molecular weight excluding hydrogens is 463 g/mol. The third-order valence-corrected chi connectivity index (χ3v) is 5.58. The van der Waals surface area contributed by atoms with E-state index in [1.807, 2.05) is 36.4 Å². The van der Waals surface area contributed by atoms with Crippen LogP contribution < -0.4 is 5.01 Å². The summed E-state index contributed by atoms with van der Waals surface area (Å²) in [5.74, 6) is -0.632. The van der Waals surface area contributed by atoms with Gasteiger partial charge in [-0.2, -0.15) is 18.3 Å². The number of hydrazone groups is 1. The number of hydrogen-bond acceptors (Lipinski definition) is 5. The molecule has 34 heavy (non-hydrogen) atoms. The number of amides is 1. The third-order valence-electron chi connectivity index (χ3n) is 4.65. The maximum Gasteiger partial charge on any atom is 0.416 e. The first kappa shape index (κ1) is 23.2. The van der Waals surface area contributed by atoms with Crippen molar-refractivity contribution in [2.75, 3.05) is 10.8 Å². The highest BCUT2D eigenvalue weighted by atomic mass is 32.2. The van der Waals surface area contributed by atoms with E-state index in [2.05, 4.69) is 15.3 Å². The van der Waals surface area contributed by atoms with Gasteiger partial charge in [0.05, 0.1) is 23.2 Å². The summed E-state index contributed by atoms with van der Waals surface area (Å²) in [5, 5.41) is 13.6. The molecule has 6 nitrogen and oxygen atoms in total. The number of nitrogens with zero attached hydrogens (tertiary/aromatic N) is 5. The molecule has 0 radical (unpaired) electrons. The second-order valence-electron chi connectivity index (χ2n) is 7.02. The van der Waals surface area contributed by atoms with Crippen molar-refractivity contribution < 1.29 is 18.0 Å². The Balaban J connectivity index is 1.59. The quantitative estimate of drug-likeness (QED) is 0.200. The van der Waals surface area contributed by atoms with Crippen molar-refractivity contribution in [3.63, 3.8) is 0 Å². The Labute approximate surface area is 197 Å². The van der Waals surface area contributed by atoms with E-state index in [0.717, 1.165) is 34.6 Å². The summed E-state index contributed by atoms with van der Waals surface area (Å²) in [6.45, 7) is 0. The van der Waals surface area contributed by atoms with Crippen LogP contribution in [0.5, 0.6) is 0 Å². The lowest BCUT2D eigenvalue weighted by molar-refractivity contribution is -0.137. The predicted octanol–water partition coefficient (Wildman–Crippen LogP) is 5.45. The van der Waals surface area contributed by atoms with E-state index in [1.54, 1.807) is 28.8 Å². The van der Waals surface area contributed by atoms with Crippen LogP contribution in [0.4, 0.5) is 18.9 Å². The molecule has 0 bridgehead atoms. The van der Waals surface area contributed by atoms with Gasteiger partial charge in [0.15, 0.2) is 5.16 Å². The minimum Gasteiger partial charge on any atom is -0.277 e. The molecule has 0 aliphatic heterocycles. The van der Waals surface area contributed by atoms with Crippen molar-refractivity contribution in [3.8, 4) is 5.69 Å². The minimum absolute atomic E-state index is 0.0112. The van der Waals surface area contributed by atoms with Gasteiger partial charge in [0.1, 0.15) is 6.33 Å². The summed E-state index contributed by atoms with van der Waals surface area (Å²) in [4.78, 5) is 13.1. The Hall–Kier alpha value is -3.92. The van der Waals surface area contributed by atoms with E-state index in [4.69, 9.17) is 0 Å². The smallest absolute Gasteiger partial charge is 0.277 e. The Bertz CT molecular complexity index is 1280. The zero-order valence-corrected chi connectivity index (χ0v) is 18.4. The molecule has 0 atom stereocenters. The van der Waals surface area contributed by atoms with E-state index >= 15 is 0 Å². The number of alkyl halides is 3. The molecule has 1 aromatic heterocycles. The molecule has 1 heterocycles. The number of hydrogen-bond donors (Lipinski definition) is 0. The van der Waals surface area contributed by atoms with Gasteiger partial charge in [-0.25, -0.2) is 5.01 Å². The van der Waals surface area contributed by atoms with Gasteiger partial charge in [0.2, 0.25) is 0 Å². The molecule has 4 rings (SSSR count). The second kappa shape index (κ2) is 10.3. The Morgan fingerprint density at radius 3 is 2.41 bits per heavy atom. The fraction of sp³-hybridized carbons (Fsp3) is 0.0833. The molecular formula is C24H18F3N5OS. The van der Waals surface area contributed by atoms with Crippen molar-refractivity contribution in [2.45, 2.75) is 11.3 Å². The number of benzene rings is 3. The first-order valence-electron chi connectivity index (χ1n) is 10.1. The normalized spacial score (nSPS) is 11.6. The zero-order chi connectivity index (χ0) is 24.0. The van der Waals surface area contributed by atoms with Crippen LogP contribution in [0.2, 0.25) is 0 Å². The van der Waals surface area contributed by atoms with Crippen molar-refractivity contribution in [1.29, 1.82) is 0 Å².